The lowest BCUT2D eigenvalue weighted by molar-refractivity contribution is -0.137. The molecule has 2 aliphatic rings. The number of nitrogens with zero attached hydrogens (tertiary/aromatic N) is 4. The van der Waals surface area contributed by atoms with Gasteiger partial charge in [0.1, 0.15) is 17.0 Å². The Morgan fingerprint density at radius 2 is 2.15 bits per heavy atom. The first kappa shape index (κ1) is 24.5. The summed E-state index contributed by atoms with van der Waals surface area (Å²) >= 11 is 0. The number of furan rings is 1. The quantitative estimate of drug-likeness (QED) is 0.626. The molecule has 0 radical (unpaired) electrons. The number of fused-ring (bicyclic) bond motifs is 1. The number of allylic oxidation sites excluding steroid dienone is 1. The molecule has 3 heterocycles. The van der Waals surface area contributed by atoms with Gasteiger partial charge in [-0.25, -0.2) is 23.4 Å². The van der Waals surface area contributed by atoms with Crippen LogP contribution in [0.3, 0.4) is 0 Å². The molecule has 0 saturated heterocycles. The Bertz CT molecular complexity index is 1220. The number of aliphatic imine (C=N–C) groups is 1. The van der Waals surface area contributed by atoms with E-state index in [9.17, 15) is 21.6 Å². The smallest absolute Gasteiger partial charge is 0.420 e. The van der Waals surface area contributed by atoms with E-state index >= 15 is 0 Å². The third kappa shape index (κ3) is 5.54. The van der Waals surface area contributed by atoms with Crippen LogP contribution >= 0.6 is 0 Å². The molecule has 0 amide bonds. The minimum atomic E-state index is -4.72. The van der Waals surface area contributed by atoms with Gasteiger partial charge in [0.05, 0.1) is 12.9 Å². The standard InChI is InChI=1S/C21H24F3N5O4S/c1-34(31,32)29-8-6-17-13(12-29)10-18(33-17)19-16(21(22,23)24)11-26-20(28-19)27-15-4-2-14(3-5-15)25-7-9-30/h2,4,10-11,14,25,30H,3,5-9,12H2,1H3. The summed E-state index contributed by atoms with van der Waals surface area (Å²) in [4.78, 5) is 12.1. The van der Waals surface area contributed by atoms with Gasteiger partial charge in [-0.15, -0.1) is 0 Å². The van der Waals surface area contributed by atoms with Crippen molar-refractivity contribution in [1.82, 2.24) is 19.6 Å². The van der Waals surface area contributed by atoms with Crippen molar-refractivity contribution >= 4 is 21.7 Å². The number of nitrogens with one attached hydrogen (secondary N) is 1. The maximum absolute atomic E-state index is 13.7. The second kappa shape index (κ2) is 9.56. The normalized spacial score (nSPS) is 20.6. The first-order valence-electron chi connectivity index (χ1n) is 10.7. The number of hydrogen-bond donors (Lipinski definition) is 2. The molecule has 0 bridgehead atoms. The van der Waals surface area contributed by atoms with Crippen LogP contribution in [0.4, 0.5) is 19.1 Å². The van der Waals surface area contributed by atoms with Gasteiger partial charge in [-0.3, -0.25) is 0 Å². The summed E-state index contributed by atoms with van der Waals surface area (Å²) < 4.78 is 71.7. The molecular formula is C21H24F3N5O4S. The largest absolute Gasteiger partial charge is 0.459 e. The predicted octanol–water partition coefficient (Wildman–Crippen LogP) is 2.45. The fourth-order valence-corrected chi connectivity index (χ4v) is 4.68. The van der Waals surface area contributed by atoms with Crippen molar-refractivity contribution in [3.63, 3.8) is 0 Å². The second-order valence-electron chi connectivity index (χ2n) is 8.12. The van der Waals surface area contributed by atoms with Crippen molar-refractivity contribution in [2.24, 2.45) is 4.99 Å². The van der Waals surface area contributed by atoms with Gasteiger partial charge in [-0.05, 0) is 25.0 Å². The topological polar surface area (TPSA) is 121 Å². The maximum atomic E-state index is 13.7. The minimum absolute atomic E-state index is 0.0234. The first-order valence-corrected chi connectivity index (χ1v) is 12.5. The SMILES string of the molecule is CS(=O)(=O)N1CCc2oc(-c3nc(N=C4C=CC(NCCO)CC4)ncc3C(F)(F)F)cc2C1. The first-order chi connectivity index (χ1) is 16.0. The summed E-state index contributed by atoms with van der Waals surface area (Å²) in [7, 11) is -3.44. The molecule has 2 aromatic heterocycles. The fourth-order valence-electron chi connectivity index (χ4n) is 3.88. The zero-order valence-electron chi connectivity index (χ0n) is 18.3. The van der Waals surface area contributed by atoms with Crippen molar-refractivity contribution in [1.29, 1.82) is 0 Å². The zero-order valence-corrected chi connectivity index (χ0v) is 19.2. The summed E-state index contributed by atoms with van der Waals surface area (Å²) in [5, 5.41) is 12.0. The van der Waals surface area contributed by atoms with E-state index in [-0.39, 0.29) is 43.9 Å². The van der Waals surface area contributed by atoms with Crippen LogP contribution in [0, 0.1) is 0 Å². The van der Waals surface area contributed by atoms with Crippen molar-refractivity contribution in [2.75, 3.05) is 26.0 Å². The van der Waals surface area contributed by atoms with Crippen LogP contribution in [0.1, 0.15) is 29.7 Å². The molecule has 184 valence electrons. The number of halogens is 3. The average molecular weight is 500 g/mol. The Kier molecular flexibility index (Phi) is 6.90. The monoisotopic (exact) mass is 499 g/mol. The van der Waals surface area contributed by atoms with Gasteiger partial charge >= 0.3 is 6.18 Å². The molecule has 0 spiro atoms. The molecular weight excluding hydrogens is 475 g/mol. The molecule has 1 unspecified atom stereocenters. The Balaban J connectivity index is 1.66. The second-order valence-corrected chi connectivity index (χ2v) is 10.1. The summed E-state index contributed by atoms with van der Waals surface area (Å²) in [6.07, 6.45) is 2.21. The molecule has 2 N–H and O–H groups in total. The van der Waals surface area contributed by atoms with E-state index in [0.29, 0.717) is 42.6 Å². The lowest BCUT2D eigenvalue weighted by Gasteiger charge is -2.23. The van der Waals surface area contributed by atoms with Crippen LogP contribution in [0.25, 0.3) is 11.5 Å². The molecule has 0 saturated carbocycles. The average Bonchev–Trinajstić information content (AvgIpc) is 3.21. The van der Waals surface area contributed by atoms with E-state index in [1.54, 1.807) is 6.08 Å². The van der Waals surface area contributed by atoms with E-state index in [1.165, 1.54) is 10.4 Å². The van der Waals surface area contributed by atoms with Crippen LogP contribution < -0.4 is 5.32 Å². The predicted molar refractivity (Wildman–Crippen MR) is 118 cm³/mol. The van der Waals surface area contributed by atoms with E-state index in [4.69, 9.17) is 9.52 Å². The van der Waals surface area contributed by atoms with Crippen LogP contribution in [0.2, 0.25) is 0 Å². The summed E-state index contributed by atoms with van der Waals surface area (Å²) in [6, 6.07) is 1.48. The number of hydrogen-bond acceptors (Lipinski definition) is 8. The number of alkyl halides is 3. The minimum Gasteiger partial charge on any atom is -0.459 e. The van der Waals surface area contributed by atoms with Crippen molar-refractivity contribution in [2.45, 2.75) is 38.0 Å². The van der Waals surface area contributed by atoms with Gasteiger partial charge in [0.2, 0.25) is 16.0 Å². The van der Waals surface area contributed by atoms with Crippen molar-refractivity contribution in [3.05, 3.63) is 41.3 Å². The summed E-state index contributed by atoms with van der Waals surface area (Å²) in [5.41, 5.74) is -0.377. The number of rotatable bonds is 6. The van der Waals surface area contributed by atoms with Gasteiger partial charge in [0, 0.05) is 49.6 Å². The van der Waals surface area contributed by atoms with E-state index in [0.717, 1.165) is 6.26 Å². The lowest BCUT2D eigenvalue weighted by Crippen LogP contribution is -2.34. The van der Waals surface area contributed by atoms with Gasteiger partial charge < -0.3 is 14.8 Å². The van der Waals surface area contributed by atoms with Crippen molar-refractivity contribution < 1.29 is 31.1 Å². The third-order valence-electron chi connectivity index (χ3n) is 5.61. The maximum Gasteiger partial charge on any atom is 0.420 e. The molecule has 13 heteroatoms. The van der Waals surface area contributed by atoms with Gasteiger partial charge in [0.15, 0.2) is 5.76 Å². The fraction of sp³-hybridized carbons (Fsp3) is 0.476. The number of aliphatic hydroxyl groups excluding tert-OH is 1. The van der Waals surface area contributed by atoms with Crippen LogP contribution in [-0.4, -0.2) is 65.5 Å². The zero-order chi connectivity index (χ0) is 24.5. The van der Waals surface area contributed by atoms with Crippen LogP contribution in [0.5, 0.6) is 0 Å². The van der Waals surface area contributed by atoms with E-state index < -0.39 is 27.5 Å². The Labute approximate surface area is 194 Å². The number of sulfonamides is 1. The molecule has 1 aliphatic heterocycles. The molecule has 0 aromatic carbocycles. The molecule has 2 aromatic rings. The molecule has 9 nitrogen and oxygen atoms in total. The molecule has 4 rings (SSSR count). The number of aliphatic hydroxyl groups is 1. The summed E-state index contributed by atoms with van der Waals surface area (Å²) in [5.74, 6) is 0.201. The Morgan fingerprint density at radius 1 is 1.35 bits per heavy atom. The highest BCUT2D eigenvalue weighted by atomic mass is 32.2. The molecule has 0 fully saturated rings. The highest BCUT2D eigenvalue weighted by Crippen LogP contribution is 2.38. The highest BCUT2D eigenvalue weighted by molar-refractivity contribution is 7.88. The Hall–Kier alpha value is -2.61. The van der Waals surface area contributed by atoms with Crippen LogP contribution in [-0.2, 0) is 29.2 Å². The summed E-state index contributed by atoms with van der Waals surface area (Å²) in [6.45, 7) is 0.696. The van der Waals surface area contributed by atoms with Gasteiger partial charge in [-0.1, -0.05) is 6.08 Å². The molecule has 34 heavy (non-hydrogen) atoms. The molecule has 1 aliphatic carbocycles. The lowest BCUT2D eigenvalue weighted by atomic mass is 10.0. The Morgan fingerprint density at radius 3 is 2.79 bits per heavy atom. The van der Waals surface area contributed by atoms with Gasteiger partial charge in [0.25, 0.3) is 0 Å². The van der Waals surface area contributed by atoms with Crippen LogP contribution in [0.15, 0.2) is 33.8 Å². The van der Waals surface area contributed by atoms with Crippen molar-refractivity contribution in [3.8, 4) is 11.5 Å². The highest BCUT2D eigenvalue weighted by Gasteiger charge is 2.37. The van der Waals surface area contributed by atoms with E-state index in [1.807, 2.05) is 6.08 Å². The number of aromatic nitrogens is 2. The van der Waals surface area contributed by atoms with Gasteiger partial charge in [-0.2, -0.15) is 17.5 Å². The van der Waals surface area contributed by atoms with E-state index in [2.05, 4.69) is 20.3 Å². The molecule has 1 atom stereocenters. The third-order valence-corrected chi connectivity index (χ3v) is 6.86.